The molecule has 0 fully saturated rings. The predicted molar refractivity (Wildman–Crippen MR) is 100 cm³/mol. The Balaban J connectivity index is 2.64. The third-order valence-corrected chi connectivity index (χ3v) is 4.08. The fraction of sp³-hybridized carbons (Fsp3) is 0.412. The molecule has 2 atom stereocenters. The van der Waals surface area contributed by atoms with Crippen molar-refractivity contribution < 1.29 is 23.9 Å². The summed E-state index contributed by atoms with van der Waals surface area (Å²) in [5.74, 6) is -0.726. The number of urea groups is 1. The van der Waals surface area contributed by atoms with Gasteiger partial charge in [-0.2, -0.15) is 11.8 Å². The highest BCUT2D eigenvalue weighted by atomic mass is 32.2. The fourth-order valence-corrected chi connectivity index (χ4v) is 2.47. The van der Waals surface area contributed by atoms with Crippen LogP contribution in [0.2, 0.25) is 0 Å². The number of anilines is 1. The number of hydrogen-bond donors (Lipinski definition) is 3. The van der Waals surface area contributed by atoms with Crippen molar-refractivity contribution in [2.24, 2.45) is 5.73 Å². The van der Waals surface area contributed by atoms with E-state index in [1.54, 1.807) is 24.3 Å². The Hall–Kier alpha value is -2.55. The molecular formula is C17H23N3O5S. The van der Waals surface area contributed by atoms with Crippen LogP contribution in [0, 0.1) is 0 Å². The number of hydrogen-bond acceptors (Lipinski definition) is 6. The summed E-state index contributed by atoms with van der Waals surface area (Å²) in [5.41, 5.74) is 6.06. The number of nitrogens with two attached hydrogens (primary N) is 1. The maximum Gasteiger partial charge on any atom is 0.329 e. The summed E-state index contributed by atoms with van der Waals surface area (Å²) in [6, 6.07) is 4.59. The van der Waals surface area contributed by atoms with Crippen molar-refractivity contribution in [3.63, 3.8) is 0 Å². The summed E-state index contributed by atoms with van der Waals surface area (Å²) >= 11 is 1.50. The van der Waals surface area contributed by atoms with Crippen LogP contribution >= 0.6 is 11.8 Å². The van der Waals surface area contributed by atoms with Crippen LogP contribution in [0.3, 0.4) is 0 Å². The number of benzene rings is 1. The van der Waals surface area contributed by atoms with Crippen LogP contribution in [0.5, 0.6) is 0 Å². The molecule has 9 heteroatoms. The van der Waals surface area contributed by atoms with E-state index >= 15 is 0 Å². The van der Waals surface area contributed by atoms with Crippen LogP contribution in [-0.4, -0.2) is 47.8 Å². The average molecular weight is 381 g/mol. The first-order valence-electron chi connectivity index (χ1n) is 7.91. The number of rotatable bonds is 9. The standard InChI is InChI=1S/C17H23N3O5S/c1-10(21)12-4-6-13(7-5-12)19-15(22)11(2)25-16(23)14(8-9-26-3)20-17(18)24/h4-7,11,14H,8-9H2,1-3H3,(H,19,22)(H3,18,20,24)/t11-,14+/m1/s1. The molecule has 8 nitrogen and oxygen atoms in total. The van der Waals surface area contributed by atoms with Gasteiger partial charge >= 0.3 is 12.0 Å². The van der Waals surface area contributed by atoms with Gasteiger partial charge in [0, 0.05) is 11.3 Å². The summed E-state index contributed by atoms with van der Waals surface area (Å²) in [6.45, 7) is 2.87. The van der Waals surface area contributed by atoms with Crippen molar-refractivity contribution in [3.05, 3.63) is 29.8 Å². The molecule has 0 bridgehead atoms. The summed E-state index contributed by atoms with van der Waals surface area (Å²) in [6.07, 6.45) is 1.13. The zero-order valence-corrected chi connectivity index (χ0v) is 15.7. The minimum absolute atomic E-state index is 0.0802. The molecule has 1 rings (SSSR count). The topological polar surface area (TPSA) is 128 Å². The molecule has 3 amide bonds. The number of primary amides is 1. The van der Waals surface area contributed by atoms with E-state index in [-0.39, 0.29) is 5.78 Å². The number of amides is 3. The highest BCUT2D eigenvalue weighted by Crippen LogP contribution is 2.11. The van der Waals surface area contributed by atoms with E-state index in [1.807, 2.05) is 6.26 Å². The highest BCUT2D eigenvalue weighted by molar-refractivity contribution is 7.98. The molecule has 0 aliphatic carbocycles. The van der Waals surface area contributed by atoms with E-state index in [2.05, 4.69) is 10.6 Å². The van der Waals surface area contributed by atoms with Crippen molar-refractivity contribution in [3.8, 4) is 0 Å². The van der Waals surface area contributed by atoms with E-state index in [4.69, 9.17) is 10.5 Å². The molecule has 0 radical (unpaired) electrons. The van der Waals surface area contributed by atoms with E-state index in [1.165, 1.54) is 25.6 Å². The number of thioether (sulfide) groups is 1. The SMILES string of the molecule is CSCC[C@H](NC(N)=O)C(=O)O[C@H](C)C(=O)Nc1ccc(C(C)=O)cc1. The van der Waals surface area contributed by atoms with E-state index in [9.17, 15) is 19.2 Å². The quantitative estimate of drug-likeness (QED) is 0.440. The van der Waals surface area contributed by atoms with Gasteiger partial charge in [0.2, 0.25) is 0 Å². The third kappa shape index (κ3) is 7.14. The highest BCUT2D eigenvalue weighted by Gasteiger charge is 2.25. The molecule has 1 aromatic rings. The van der Waals surface area contributed by atoms with Crippen LogP contribution in [0.4, 0.5) is 10.5 Å². The lowest BCUT2D eigenvalue weighted by Crippen LogP contribution is -2.46. The lowest BCUT2D eigenvalue weighted by Gasteiger charge is -2.19. The van der Waals surface area contributed by atoms with E-state index in [0.29, 0.717) is 23.4 Å². The first-order valence-corrected chi connectivity index (χ1v) is 9.31. The number of nitrogens with one attached hydrogen (secondary N) is 2. The Bertz CT molecular complexity index is 663. The van der Waals surface area contributed by atoms with Crippen LogP contribution in [0.15, 0.2) is 24.3 Å². The Morgan fingerprint density at radius 3 is 2.31 bits per heavy atom. The lowest BCUT2D eigenvalue weighted by molar-refractivity contribution is -0.155. The van der Waals surface area contributed by atoms with Gasteiger partial charge in [-0.3, -0.25) is 9.59 Å². The normalized spacial score (nSPS) is 12.6. The summed E-state index contributed by atoms with van der Waals surface area (Å²) < 4.78 is 5.12. The average Bonchev–Trinajstić information content (AvgIpc) is 2.58. The molecule has 0 spiro atoms. The molecule has 0 aliphatic rings. The Kier molecular flexibility index (Phi) is 8.63. The van der Waals surface area contributed by atoms with Gasteiger partial charge < -0.3 is 21.1 Å². The maximum absolute atomic E-state index is 12.2. The molecule has 0 heterocycles. The van der Waals surface area contributed by atoms with Gasteiger partial charge in [-0.1, -0.05) is 0 Å². The zero-order valence-electron chi connectivity index (χ0n) is 14.9. The van der Waals surface area contributed by atoms with Crippen molar-refractivity contribution in [2.75, 3.05) is 17.3 Å². The van der Waals surface area contributed by atoms with Gasteiger partial charge in [0.25, 0.3) is 5.91 Å². The van der Waals surface area contributed by atoms with Crippen LogP contribution in [-0.2, 0) is 14.3 Å². The molecule has 0 saturated heterocycles. The second-order valence-electron chi connectivity index (χ2n) is 5.54. The Morgan fingerprint density at radius 2 is 1.81 bits per heavy atom. The summed E-state index contributed by atoms with van der Waals surface area (Å²) in [4.78, 5) is 46.6. The summed E-state index contributed by atoms with van der Waals surface area (Å²) in [7, 11) is 0. The van der Waals surface area contributed by atoms with Crippen molar-refractivity contribution in [2.45, 2.75) is 32.4 Å². The van der Waals surface area contributed by atoms with Crippen LogP contribution in [0.1, 0.15) is 30.6 Å². The molecular weight excluding hydrogens is 358 g/mol. The molecule has 0 unspecified atom stereocenters. The fourth-order valence-electron chi connectivity index (χ4n) is 2.00. The van der Waals surface area contributed by atoms with Gasteiger partial charge in [0.1, 0.15) is 6.04 Å². The molecule has 0 aromatic heterocycles. The first-order chi connectivity index (χ1) is 12.2. The second-order valence-corrected chi connectivity index (χ2v) is 6.53. The number of carbonyl (C=O) groups is 4. The number of esters is 1. The molecule has 142 valence electrons. The smallest absolute Gasteiger partial charge is 0.329 e. The Morgan fingerprint density at radius 1 is 1.19 bits per heavy atom. The minimum Gasteiger partial charge on any atom is -0.451 e. The molecule has 1 aromatic carbocycles. The second kappa shape index (κ2) is 10.4. The third-order valence-electron chi connectivity index (χ3n) is 3.43. The predicted octanol–water partition coefficient (Wildman–Crippen LogP) is 1.55. The molecule has 26 heavy (non-hydrogen) atoms. The van der Waals surface area contributed by atoms with Crippen LogP contribution < -0.4 is 16.4 Å². The molecule has 0 saturated carbocycles. The van der Waals surface area contributed by atoms with E-state index < -0.39 is 30.1 Å². The van der Waals surface area contributed by atoms with Gasteiger partial charge in [-0.05, 0) is 56.5 Å². The Labute approximate surface area is 156 Å². The van der Waals surface area contributed by atoms with Crippen molar-refractivity contribution >= 4 is 41.1 Å². The lowest BCUT2D eigenvalue weighted by atomic mass is 10.1. The maximum atomic E-state index is 12.2. The van der Waals surface area contributed by atoms with Gasteiger partial charge in [-0.15, -0.1) is 0 Å². The van der Waals surface area contributed by atoms with Crippen LogP contribution in [0.25, 0.3) is 0 Å². The first kappa shape index (κ1) is 21.5. The van der Waals surface area contributed by atoms with E-state index in [0.717, 1.165) is 0 Å². The minimum atomic E-state index is -1.07. The zero-order chi connectivity index (χ0) is 19.7. The monoisotopic (exact) mass is 381 g/mol. The number of ether oxygens (including phenoxy) is 1. The van der Waals surface area contributed by atoms with Crippen molar-refractivity contribution in [1.29, 1.82) is 0 Å². The van der Waals surface area contributed by atoms with Crippen molar-refractivity contribution in [1.82, 2.24) is 5.32 Å². The summed E-state index contributed by atoms with van der Waals surface area (Å²) in [5, 5.41) is 4.91. The van der Waals surface area contributed by atoms with Gasteiger partial charge in [0.05, 0.1) is 0 Å². The number of Topliss-reactive ketones (excluding diaryl/α,β-unsaturated/α-hetero) is 1. The molecule has 4 N–H and O–H groups in total. The largest absolute Gasteiger partial charge is 0.451 e. The number of ketones is 1. The number of carbonyl (C=O) groups excluding carboxylic acids is 4. The van der Waals surface area contributed by atoms with Gasteiger partial charge in [-0.25, -0.2) is 9.59 Å². The molecule has 0 aliphatic heterocycles. The van der Waals surface area contributed by atoms with Gasteiger partial charge in [0.15, 0.2) is 11.9 Å².